The van der Waals surface area contributed by atoms with Crippen molar-refractivity contribution in [2.24, 2.45) is 0 Å². The zero-order valence-electron chi connectivity index (χ0n) is 11.7. The molecule has 0 saturated carbocycles. The Balaban J connectivity index is 1.97. The Kier molecular flexibility index (Phi) is 5.26. The van der Waals surface area contributed by atoms with E-state index in [1.54, 1.807) is 30.3 Å². The third kappa shape index (κ3) is 4.14. The highest BCUT2D eigenvalue weighted by molar-refractivity contribution is 6.31. The van der Waals surface area contributed by atoms with Crippen LogP contribution in [0.15, 0.2) is 36.4 Å². The molecule has 0 bridgehead atoms. The maximum absolute atomic E-state index is 11.9. The highest BCUT2D eigenvalue weighted by Crippen LogP contribution is 2.22. The third-order valence-electron chi connectivity index (χ3n) is 2.87. The van der Waals surface area contributed by atoms with E-state index >= 15 is 0 Å². The Bertz CT molecular complexity index is 754. The van der Waals surface area contributed by atoms with Gasteiger partial charge in [-0.3, -0.25) is 4.79 Å². The van der Waals surface area contributed by atoms with E-state index in [0.717, 1.165) is 5.56 Å². The summed E-state index contributed by atoms with van der Waals surface area (Å²) >= 11 is 11.7. The summed E-state index contributed by atoms with van der Waals surface area (Å²) in [6.45, 7) is 1.70. The Morgan fingerprint density at radius 3 is 2.73 bits per heavy atom. The maximum Gasteiger partial charge on any atom is 0.262 e. The Morgan fingerprint density at radius 2 is 2.05 bits per heavy atom. The van der Waals surface area contributed by atoms with E-state index in [4.69, 9.17) is 33.2 Å². The molecule has 0 spiro atoms. The van der Waals surface area contributed by atoms with Crippen molar-refractivity contribution in [2.45, 2.75) is 6.92 Å². The summed E-state index contributed by atoms with van der Waals surface area (Å²) in [7, 11) is 0. The molecule has 0 radical (unpaired) electrons. The number of rotatable bonds is 4. The number of nitriles is 1. The summed E-state index contributed by atoms with van der Waals surface area (Å²) in [5.41, 5.74) is 1.63. The molecule has 2 rings (SSSR count). The lowest BCUT2D eigenvalue weighted by molar-refractivity contribution is -0.118. The predicted octanol–water partition coefficient (Wildman–Crippen LogP) is 4.19. The van der Waals surface area contributed by atoms with Crippen LogP contribution >= 0.6 is 23.2 Å². The molecule has 112 valence electrons. The van der Waals surface area contributed by atoms with Crippen LogP contribution < -0.4 is 10.1 Å². The van der Waals surface area contributed by atoms with Crippen LogP contribution in [0, 0.1) is 18.3 Å². The quantitative estimate of drug-likeness (QED) is 0.911. The average molecular weight is 335 g/mol. The third-order valence-corrected chi connectivity index (χ3v) is 3.43. The van der Waals surface area contributed by atoms with Crippen LogP contribution in [0.25, 0.3) is 0 Å². The first kappa shape index (κ1) is 16.2. The highest BCUT2D eigenvalue weighted by atomic mass is 35.5. The molecular formula is C16H12Cl2N2O2. The average Bonchev–Trinajstić information content (AvgIpc) is 2.48. The van der Waals surface area contributed by atoms with Gasteiger partial charge in [-0.05, 0) is 48.9 Å². The van der Waals surface area contributed by atoms with Crippen molar-refractivity contribution in [3.05, 3.63) is 57.6 Å². The van der Waals surface area contributed by atoms with Crippen LogP contribution in [0.3, 0.4) is 0 Å². The topological polar surface area (TPSA) is 62.1 Å². The number of amides is 1. The van der Waals surface area contributed by atoms with Gasteiger partial charge < -0.3 is 10.1 Å². The van der Waals surface area contributed by atoms with E-state index in [1.807, 2.05) is 13.0 Å². The van der Waals surface area contributed by atoms with E-state index < -0.39 is 0 Å². The van der Waals surface area contributed by atoms with Gasteiger partial charge in [0.2, 0.25) is 0 Å². The van der Waals surface area contributed by atoms with Gasteiger partial charge in [0.15, 0.2) is 6.61 Å². The number of nitrogens with zero attached hydrogens (tertiary/aromatic N) is 1. The number of aryl methyl sites for hydroxylation is 1. The monoisotopic (exact) mass is 334 g/mol. The zero-order valence-corrected chi connectivity index (χ0v) is 13.2. The van der Waals surface area contributed by atoms with Crippen LogP contribution in [0.4, 0.5) is 5.69 Å². The molecule has 2 aromatic rings. The molecule has 1 N–H and O–H groups in total. The number of anilines is 1. The standard InChI is InChI=1S/C16H12Cl2N2O2/c1-10-6-12(17)2-5-15(10)22-9-16(21)20-13-3-4-14(18)11(7-13)8-19/h2-7H,9H2,1H3,(H,20,21). The Hall–Kier alpha value is -2.22. The number of hydrogen-bond acceptors (Lipinski definition) is 3. The fraction of sp³-hybridized carbons (Fsp3) is 0.125. The van der Waals surface area contributed by atoms with Crippen molar-refractivity contribution in [2.75, 3.05) is 11.9 Å². The van der Waals surface area contributed by atoms with E-state index in [2.05, 4.69) is 5.32 Å². The number of benzene rings is 2. The van der Waals surface area contributed by atoms with Gasteiger partial charge in [0.1, 0.15) is 11.8 Å². The number of halogens is 2. The van der Waals surface area contributed by atoms with Crippen molar-refractivity contribution in [1.82, 2.24) is 0 Å². The first-order valence-electron chi connectivity index (χ1n) is 6.38. The van der Waals surface area contributed by atoms with Gasteiger partial charge in [0.05, 0.1) is 10.6 Å². The largest absolute Gasteiger partial charge is 0.483 e. The SMILES string of the molecule is Cc1cc(Cl)ccc1OCC(=O)Nc1ccc(Cl)c(C#N)c1. The van der Waals surface area contributed by atoms with Gasteiger partial charge in [0.25, 0.3) is 5.91 Å². The summed E-state index contributed by atoms with van der Waals surface area (Å²) in [5.74, 6) is 0.258. The first-order valence-corrected chi connectivity index (χ1v) is 7.13. The summed E-state index contributed by atoms with van der Waals surface area (Å²) in [6, 6.07) is 11.8. The maximum atomic E-state index is 11.9. The Labute approximate surface area is 138 Å². The molecule has 0 unspecified atom stereocenters. The second kappa shape index (κ2) is 7.17. The summed E-state index contributed by atoms with van der Waals surface area (Å²) in [5, 5.41) is 12.5. The fourth-order valence-electron chi connectivity index (χ4n) is 1.80. The van der Waals surface area contributed by atoms with Crippen molar-refractivity contribution in [3.63, 3.8) is 0 Å². The smallest absolute Gasteiger partial charge is 0.262 e. The van der Waals surface area contributed by atoms with Crippen molar-refractivity contribution >= 4 is 34.8 Å². The van der Waals surface area contributed by atoms with Gasteiger partial charge in [-0.25, -0.2) is 0 Å². The molecule has 0 saturated heterocycles. The Morgan fingerprint density at radius 1 is 1.27 bits per heavy atom. The number of nitrogens with one attached hydrogen (secondary N) is 1. The second-order valence-electron chi connectivity index (χ2n) is 4.55. The van der Waals surface area contributed by atoms with E-state index in [-0.39, 0.29) is 12.5 Å². The predicted molar refractivity (Wildman–Crippen MR) is 86.5 cm³/mol. The van der Waals surface area contributed by atoms with Gasteiger partial charge >= 0.3 is 0 Å². The van der Waals surface area contributed by atoms with Gasteiger partial charge in [-0.15, -0.1) is 0 Å². The lowest BCUT2D eigenvalue weighted by atomic mass is 10.2. The molecule has 0 aliphatic rings. The molecule has 6 heteroatoms. The summed E-state index contributed by atoms with van der Waals surface area (Å²) in [4.78, 5) is 11.9. The molecule has 4 nitrogen and oxygen atoms in total. The lowest BCUT2D eigenvalue weighted by Gasteiger charge is -2.10. The van der Waals surface area contributed by atoms with Crippen LogP contribution in [0.1, 0.15) is 11.1 Å². The fourth-order valence-corrected chi connectivity index (χ4v) is 2.19. The normalized spacial score (nSPS) is 9.91. The molecular weight excluding hydrogens is 323 g/mol. The summed E-state index contributed by atoms with van der Waals surface area (Å²) < 4.78 is 5.44. The number of carbonyl (C=O) groups excluding carboxylic acids is 1. The molecule has 22 heavy (non-hydrogen) atoms. The van der Waals surface area contributed by atoms with Crippen molar-refractivity contribution in [1.29, 1.82) is 5.26 Å². The molecule has 0 aliphatic heterocycles. The lowest BCUT2D eigenvalue weighted by Crippen LogP contribution is -2.20. The van der Waals surface area contributed by atoms with Gasteiger partial charge in [-0.2, -0.15) is 5.26 Å². The summed E-state index contributed by atoms with van der Waals surface area (Å²) in [6.07, 6.45) is 0. The van der Waals surface area contributed by atoms with Crippen LogP contribution in [-0.4, -0.2) is 12.5 Å². The minimum absolute atomic E-state index is 0.146. The minimum Gasteiger partial charge on any atom is -0.483 e. The van der Waals surface area contributed by atoms with Crippen LogP contribution in [0.2, 0.25) is 10.0 Å². The molecule has 0 fully saturated rings. The highest BCUT2D eigenvalue weighted by Gasteiger charge is 2.07. The van der Waals surface area contributed by atoms with E-state index in [9.17, 15) is 4.79 Å². The molecule has 2 aromatic carbocycles. The van der Waals surface area contributed by atoms with Crippen LogP contribution in [-0.2, 0) is 4.79 Å². The molecule has 0 atom stereocenters. The minimum atomic E-state index is -0.333. The zero-order chi connectivity index (χ0) is 16.1. The molecule has 1 amide bonds. The van der Waals surface area contributed by atoms with Crippen molar-refractivity contribution in [3.8, 4) is 11.8 Å². The second-order valence-corrected chi connectivity index (χ2v) is 5.40. The van der Waals surface area contributed by atoms with Gasteiger partial charge in [0, 0.05) is 10.7 Å². The van der Waals surface area contributed by atoms with Crippen LogP contribution in [0.5, 0.6) is 5.75 Å². The molecule has 0 aromatic heterocycles. The number of carbonyl (C=O) groups is 1. The first-order chi connectivity index (χ1) is 10.5. The number of ether oxygens (including phenoxy) is 1. The van der Waals surface area contributed by atoms with Gasteiger partial charge in [-0.1, -0.05) is 23.2 Å². The molecule has 0 aliphatic carbocycles. The van der Waals surface area contributed by atoms with E-state index in [1.165, 1.54) is 6.07 Å². The number of hydrogen-bond donors (Lipinski definition) is 1. The van der Waals surface area contributed by atoms with E-state index in [0.29, 0.717) is 27.0 Å². The van der Waals surface area contributed by atoms with Crippen molar-refractivity contribution < 1.29 is 9.53 Å². The molecule has 0 heterocycles.